The Kier molecular flexibility index (Phi) is 6.95. The van der Waals surface area contributed by atoms with Crippen molar-refractivity contribution in [3.63, 3.8) is 0 Å². The normalized spacial score (nSPS) is 11.9. The lowest BCUT2D eigenvalue weighted by molar-refractivity contribution is -0.885. The molecule has 2 amide bonds. The van der Waals surface area contributed by atoms with Gasteiger partial charge < -0.3 is 15.1 Å². The SMILES string of the molecule is CNC(=O)CN(C)C(=O)C[NH+](C)Cc1cccc(Cl)c1Cl. The molecule has 0 spiro atoms. The van der Waals surface area contributed by atoms with E-state index in [1.165, 1.54) is 4.90 Å². The van der Waals surface area contributed by atoms with E-state index < -0.39 is 0 Å². The molecule has 0 saturated heterocycles. The number of hydrogen-bond acceptors (Lipinski definition) is 2. The minimum Gasteiger partial charge on any atom is -0.358 e. The van der Waals surface area contributed by atoms with Gasteiger partial charge in [0.25, 0.3) is 5.91 Å². The zero-order chi connectivity index (χ0) is 16.0. The molecular weight excluding hydrogens is 313 g/mol. The number of rotatable bonds is 6. The van der Waals surface area contributed by atoms with Gasteiger partial charge in [0.05, 0.1) is 23.6 Å². The summed E-state index contributed by atoms with van der Waals surface area (Å²) in [6.45, 7) is 0.913. The Hall–Kier alpha value is -1.30. The number of likely N-dealkylation sites (N-methyl/N-ethyl adjacent to an activating group) is 3. The monoisotopic (exact) mass is 332 g/mol. The number of nitrogens with one attached hydrogen (secondary N) is 2. The Labute approximate surface area is 134 Å². The topological polar surface area (TPSA) is 53.9 Å². The van der Waals surface area contributed by atoms with Crippen molar-refractivity contribution in [2.45, 2.75) is 6.54 Å². The van der Waals surface area contributed by atoms with Crippen LogP contribution < -0.4 is 10.2 Å². The third-order valence-corrected chi connectivity index (χ3v) is 3.92. The second-order valence-corrected chi connectivity index (χ2v) is 5.73. The second kappa shape index (κ2) is 8.22. The van der Waals surface area contributed by atoms with Gasteiger partial charge in [0, 0.05) is 19.7 Å². The Morgan fingerprint density at radius 2 is 2.00 bits per heavy atom. The van der Waals surface area contributed by atoms with E-state index in [0.717, 1.165) is 10.5 Å². The number of amides is 2. The summed E-state index contributed by atoms with van der Waals surface area (Å²) in [5.41, 5.74) is 0.892. The molecule has 2 N–H and O–H groups in total. The van der Waals surface area contributed by atoms with Crippen molar-refractivity contribution in [2.24, 2.45) is 0 Å². The molecule has 0 aliphatic rings. The fourth-order valence-electron chi connectivity index (χ4n) is 1.85. The quantitative estimate of drug-likeness (QED) is 0.782. The maximum atomic E-state index is 12.0. The second-order valence-electron chi connectivity index (χ2n) is 4.95. The smallest absolute Gasteiger partial charge is 0.277 e. The van der Waals surface area contributed by atoms with E-state index in [2.05, 4.69) is 5.32 Å². The van der Waals surface area contributed by atoms with Crippen LogP contribution in [0.4, 0.5) is 0 Å². The molecule has 0 radical (unpaired) electrons. The molecule has 1 unspecified atom stereocenters. The van der Waals surface area contributed by atoms with Gasteiger partial charge in [-0.3, -0.25) is 9.59 Å². The molecule has 1 rings (SSSR count). The van der Waals surface area contributed by atoms with Crippen LogP contribution in [0, 0.1) is 0 Å². The third-order valence-electron chi connectivity index (χ3n) is 3.06. The highest BCUT2D eigenvalue weighted by Gasteiger charge is 2.18. The van der Waals surface area contributed by atoms with Gasteiger partial charge in [-0.2, -0.15) is 0 Å². The van der Waals surface area contributed by atoms with Gasteiger partial charge in [0.15, 0.2) is 6.54 Å². The molecule has 7 heteroatoms. The largest absolute Gasteiger partial charge is 0.358 e. The Bertz CT molecular complexity index is 523. The molecule has 21 heavy (non-hydrogen) atoms. The van der Waals surface area contributed by atoms with Gasteiger partial charge in [-0.1, -0.05) is 35.3 Å². The molecule has 0 aliphatic carbocycles. The maximum Gasteiger partial charge on any atom is 0.277 e. The van der Waals surface area contributed by atoms with Crippen molar-refractivity contribution in [3.8, 4) is 0 Å². The van der Waals surface area contributed by atoms with Crippen LogP contribution in [-0.4, -0.2) is 50.9 Å². The lowest BCUT2D eigenvalue weighted by Crippen LogP contribution is -3.08. The highest BCUT2D eigenvalue weighted by molar-refractivity contribution is 6.42. The number of hydrogen-bond donors (Lipinski definition) is 2. The minimum absolute atomic E-state index is 0.0561. The summed E-state index contributed by atoms with van der Waals surface area (Å²) >= 11 is 12.1. The maximum absolute atomic E-state index is 12.0. The Balaban J connectivity index is 2.57. The van der Waals surface area contributed by atoms with Crippen LogP contribution in [0.15, 0.2) is 18.2 Å². The zero-order valence-electron chi connectivity index (χ0n) is 12.4. The van der Waals surface area contributed by atoms with Crippen LogP contribution in [0.1, 0.15) is 5.56 Å². The summed E-state index contributed by atoms with van der Waals surface area (Å²) in [4.78, 5) is 25.6. The van der Waals surface area contributed by atoms with Crippen LogP contribution in [0.3, 0.4) is 0 Å². The van der Waals surface area contributed by atoms with Crippen molar-refractivity contribution >= 4 is 35.0 Å². The van der Waals surface area contributed by atoms with E-state index in [1.807, 2.05) is 19.2 Å². The van der Waals surface area contributed by atoms with Gasteiger partial charge in [-0.15, -0.1) is 0 Å². The standard InChI is InChI=1S/C14H19Cl2N3O2/c1-17-12(20)8-19(3)13(21)9-18(2)7-10-5-4-6-11(15)14(10)16/h4-6H,7-9H2,1-3H3,(H,17,20)/p+1. The summed E-state index contributed by atoms with van der Waals surface area (Å²) < 4.78 is 0. The van der Waals surface area contributed by atoms with Crippen molar-refractivity contribution in [1.82, 2.24) is 10.2 Å². The summed E-state index contributed by atoms with van der Waals surface area (Å²) in [6.07, 6.45) is 0. The summed E-state index contributed by atoms with van der Waals surface area (Å²) in [5, 5.41) is 3.51. The molecule has 1 aromatic rings. The van der Waals surface area contributed by atoms with Gasteiger partial charge in [-0.25, -0.2) is 0 Å². The highest BCUT2D eigenvalue weighted by Crippen LogP contribution is 2.24. The van der Waals surface area contributed by atoms with E-state index in [9.17, 15) is 9.59 Å². The van der Waals surface area contributed by atoms with Crippen molar-refractivity contribution in [3.05, 3.63) is 33.8 Å². The first-order valence-electron chi connectivity index (χ1n) is 6.54. The molecule has 0 aliphatic heterocycles. The predicted octanol–water partition coefficient (Wildman–Crippen LogP) is 0.213. The zero-order valence-corrected chi connectivity index (χ0v) is 13.9. The molecular formula is C14H20Cl2N3O2+. The fraction of sp³-hybridized carbons (Fsp3) is 0.429. The number of halogens is 2. The van der Waals surface area contributed by atoms with E-state index >= 15 is 0 Å². The minimum atomic E-state index is -0.193. The average molecular weight is 333 g/mol. The van der Waals surface area contributed by atoms with E-state index in [1.54, 1.807) is 20.2 Å². The molecule has 1 aromatic carbocycles. The first-order valence-corrected chi connectivity index (χ1v) is 7.29. The van der Waals surface area contributed by atoms with Crippen molar-refractivity contribution in [2.75, 3.05) is 34.2 Å². The molecule has 5 nitrogen and oxygen atoms in total. The Morgan fingerprint density at radius 1 is 1.33 bits per heavy atom. The highest BCUT2D eigenvalue weighted by atomic mass is 35.5. The molecule has 0 aromatic heterocycles. The molecule has 116 valence electrons. The van der Waals surface area contributed by atoms with E-state index in [-0.39, 0.29) is 24.9 Å². The number of carbonyl (C=O) groups is 2. The van der Waals surface area contributed by atoms with Crippen LogP contribution in [0.2, 0.25) is 10.0 Å². The Morgan fingerprint density at radius 3 is 2.62 bits per heavy atom. The number of nitrogens with zero attached hydrogens (tertiary/aromatic N) is 1. The summed E-state index contributed by atoms with van der Waals surface area (Å²) in [6, 6.07) is 5.44. The van der Waals surface area contributed by atoms with Crippen molar-refractivity contribution < 1.29 is 14.5 Å². The van der Waals surface area contributed by atoms with Crippen LogP contribution in [-0.2, 0) is 16.1 Å². The van der Waals surface area contributed by atoms with Gasteiger partial charge in [0.1, 0.15) is 6.54 Å². The molecule has 1 atom stereocenters. The third kappa shape index (κ3) is 5.53. The molecule has 0 bridgehead atoms. The molecule has 0 fully saturated rings. The van der Waals surface area contributed by atoms with E-state index in [0.29, 0.717) is 16.6 Å². The van der Waals surface area contributed by atoms with E-state index in [4.69, 9.17) is 23.2 Å². The number of quaternary nitrogens is 1. The first-order chi connectivity index (χ1) is 9.85. The molecule has 0 heterocycles. The van der Waals surface area contributed by atoms with Gasteiger partial charge >= 0.3 is 0 Å². The van der Waals surface area contributed by atoms with Crippen LogP contribution in [0.5, 0.6) is 0 Å². The fourth-order valence-corrected chi connectivity index (χ4v) is 2.24. The molecule has 0 saturated carbocycles. The predicted molar refractivity (Wildman–Crippen MR) is 83.6 cm³/mol. The lowest BCUT2D eigenvalue weighted by atomic mass is 10.2. The summed E-state index contributed by atoms with van der Waals surface area (Å²) in [5.74, 6) is -0.296. The van der Waals surface area contributed by atoms with Gasteiger partial charge in [-0.05, 0) is 6.07 Å². The average Bonchev–Trinajstić information content (AvgIpc) is 2.43. The first kappa shape index (κ1) is 17.8. The summed E-state index contributed by atoms with van der Waals surface area (Å²) in [7, 11) is 5.04. The number of benzene rings is 1. The number of carbonyl (C=O) groups excluding carboxylic acids is 2. The lowest BCUT2D eigenvalue weighted by Gasteiger charge is -2.19. The van der Waals surface area contributed by atoms with Gasteiger partial charge in [0.2, 0.25) is 5.91 Å². The van der Waals surface area contributed by atoms with Crippen LogP contribution in [0.25, 0.3) is 0 Å². The van der Waals surface area contributed by atoms with Crippen molar-refractivity contribution in [1.29, 1.82) is 0 Å². The van der Waals surface area contributed by atoms with Crippen LogP contribution >= 0.6 is 23.2 Å².